The van der Waals surface area contributed by atoms with Gasteiger partial charge in [0, 0.05) is 18.2 Å². The van der Waals surface area contributed by atoms with E-state index in [4.69, 9.17) is 9.52 Å². The molecule has 1 aromatic rings. The highest BCUT2D eigenvalue weighted by Gasteiger charge is 2.31. The SMILES string of the molecule is CC1(C)CCCCC1NCc1ccoc1C(=O)O. The van der Waals surface area contributed by atoms with Gasteiger partial charge in [-0.2, -0.15) is 0 Å². The molecule has 2 N–H and O–H groups in total. The molecule has 18 heavy (non-hydrogen) atoms. The van der Waals surface area contributed by atoms with E-state index in [1.165, 1.54) is 25.5 Å². The maximum atomic E-state index is 10.9. The molecule has 2 rings (SSSR count). The van der Waals surface area contributed by atoms with Gasteiger partial charge in [-0.25, -0.2) is 4.79 Å². The second-order valence-electron chi connectivity index (χ2n) is 5.75. The third-order valence-corrected chi connectivity index (χ3v) is 3.99. The molecule has 0 aromatic carbocycles. The number of hydrogen-bond acceptors (Lipinski definition) is 3. The Kier molecular flexibility index (Phi) is 3.76. The molecule has 0 bridgehead atoms. The molecule has 4 nitrogen and oxygen atoms in total. The van der Waals surface area contributed by atoms with Crippen molar-refractivity contribution < 1.29 is 14.3 Å². The standard InChI is InChI=1S/C14H21NO3/c1-14(2)7-4-3-5-11(14)15-9-10-6-8-18-12(10)13(16)17/h6,8,11,15H,3-5,7,9H2,1-2H3,(H,16,17). The number of rotatable bonds is 4. The summed E-state index contributed by atoms with van der Waals surface area (Å²) in [4.78, 5) is 10.9. The Hall–Kier alpha value is -1.29. The van der Waals surface area contributed by atoms with E-state index in [2.05, 4.69) is 19.2 Å². The fraction of sp³-hybridized carbons (Fsp3) is 0.643. The zero-order valence-corrected chi connectivity index (χ0v) is 11.0. The van der Waals surface area contributed by atoms with Gasteiger partial charge >= 0.3 is 5.97 Å². The minimum atomic E-state index is -1.00. The topological polar surface area (TPSA) is 62.5 Å². The average molecular weight is 251 g/mol. The van der Waals surface area contributed by atoms with Crippen LogP contribution in [0.5, 0.6) is 0 Å². The maximum absolute atomic E-state index is 10.9. The van der Waals surface area contributed by atoms with Gasteiger partial charge in [-0.15, -0.1) is 0 Å². The van der Waals surface area contributed by atoms with Gasteiger partial charge in [0.2, 0.25) is 5.76 Å². The highest BCUT2D eigenvalue weighted by Crippen LogP contribution is 2.35. The smallest absolute Gasteiger partial charge is 0.372 e. The molecular formula is C14H21NO3. The van der Waals surface area contributed by atoms with Crippen molar-refractivity contribution >= 4 is 5.97 Å². The van der Waals surface area contributed by atoms with Crippen molar-refractivity contribution in [2.45, 2.75) is 52.1 Å². The third-order valence-electron chi connectivity index (χ3n) is 3.99. The molecule has 100 valence electrons. The molecule has 1 saturated carbocycles. The number of hydrogen-bond donors (Lipinski definition) is 2. The van der Waals surface area contributed by atoms with Gasteiger partial charge in [-0.3, -0.25) is 0 Å². The minimum absolute atomic E-state index is 0.0520. The second kappa shape index (κ2) is 5.14. The number of carboxylic acids is 1. The van der Waals surface area contributed by atoms with Gasteiger partial charge in [0.1, 0.15) is 0 Å². The lowest BCUT2D eigenvalue weighted by atomic mass is 9.73. The summed E-state index contributed by atoms with van der Waals surface area (Å²) in [6, 6.07) is 2.18. The fourth-order valence-electron chi connectivity index (χ4n) is 2.77. The lowest BCUT2D eigenvalue weighted by molar-refractivity contribution is 0.0660. The van der Waals surface area contributed by atoms with E-state index in [0.717, 1.165) is 12.0 Å². The molecule has 0 radical (unpaired) electrons. The van der Waals surface area contributed by atoms with E-state index in [1.807, 2.05) is 0 Å². The number of carboxylic acid groups (broad SMARTS) is 1. The van der Waals surface area contributed by atoms with E-state index >= 15 is 0 Å². The number of carbonyl (C=O) groups is 1. The van der Waals surface area contributed by atoms with Crippen LogP contribution in [0.1, 0.15) is 55.6 Å². The Labute approximate surface area is 107 Å². The van der Waals surface area contributed by atoms with Crippen molar-refractivity contribution in [3.8, 4) is 0 Å². The van der Waals surface area contributed by atoms with E-state index in [-0.39, 0.29) is 11.2 Å². The molecule has 0 saturated heterocycles. The first-order chi connectivity index (χ1) is 8.50. The zero-order chi connectivity index (χ0) is 13.2. The maximum Gasteiger partial charge on any atom is 0.372 e. The quantitative estimate of drug-likeness (QED) is 0.863. The summed E-state index contributed by atoms with van der Waals surface area (Å²) < 4.78 is 4.98. The number of nitrogens with one attached hydrogen (secondary N) is 1. The summed E-state index contributed by atoms with van der Waals surface area (Å²) >= 11 is 0. The van der Waals surface area contributed by atoms with Crippen LogP contribution in [0.15, 0.2) is 16.7 Å². The van der Waals surface area contributed by atoms with Crippen molar-refractivity contribution in [1.82, 2.24) is 5.32 Å². The molecule has 1 atom stereocenters. The van der Waals surface area contributed by atoms with E-state index < -0.39 is 5.97 Å². The predicted octanol–water partition coefficient (Wildman–Crippen LogP) is 3.04. The first kappa shape index (κ1) is 13.1. The molecule has 1 heterocycles. The van der Waals surface area contributed by atoms with E-state index in [1.54, 1.807) is 6.07 Å². The summed E-state index contributed by atoms with van der Waals surface area (Å²) in [5.74, 6) is -0.948. The Morgan fingerprint density at radius 1 is 1.56 bits per heavy atom. The summed E-state index contributed by atoms with van der Waals surface area (Å²) in [6.45, 7) is 5.11. The van der Waals surface area contributed by atoms with Crippen LogP contribution in [0.25, 0.3) is 0 Å². The lowest BCUT2D eigenvalue weighted by Crippen LogP contribution is -2.43. The van der Waals surface area contributed by atoms with Crippen molar-refractivity contribution in [3.05, 3.63) is 23.7 Å². The van der Waals surface area contributed by atoms with Crippen LogP contribution in [0, 0.1) is 5.41 Å². The fourth-order valence-corrected chi connectivity index (χ4v) is 2.77. The van der Waals surface area contributed by atoms with Gasteiger partial charge in [-0.1, -0.05) is 26.7 Å². The molecule has 1 aromatic heterocycles. The molecule has 1 aliphatic carbocycles. The van der Waals surface area contributed by atoms with Gasteiger partial charge in [0.25, 0.3) is 0 Å². The minimum Gasteiger partial charge on any atom is -0.475 e. The molecule has 1 unspecified atom stereocenters. The Morgan fingerprint density at radius 2 is 2.33 bits per heavy atom. The molecule has 4 heteroatoms. The second-order valence-corrected chi connectivity index (χ2v) is 5.75. The normalized spacial score (nSPS) is 22.9. The summed E-state index contributed by atoms with van der Waals surface area (Å²) in [5.41, 5.74) is 1.01. The summed E-state index contributed by atoms with van der Waals surface area (Å²) in [5, 5.41) is 12.5. The van der Waals surface area contributed by atoms with Crippen LogP contribution in [0.4, 0.5) is 0 Å². The molecular weight excluding hydrogens is 230 g/mol. The number of furan rings is 1. The lowest BCUT2D eigenvalue weighted by Gasteiger charge is -2.39. The largest absolute Gasteiger partial charge is 0.475 e. The molecule has 0 amide bonds. The Morgan fingerprint density at radius 3 is 3.00 bits per heavy atom. The Balaban J connectivity index is 1.98. The van der Waals surface area contributed by atoms with Crippen LogP contribution in [-0.4, -0.2) is 17.1 Å². The van der Waals surface area contributed by atoms with Crippen LogP contribution in [-0.2, 0) is 6.54 Å². The van der Waals surface area contributed by atoms with Crippen LogP contribution < -0.4 is 5.32 Å². The van der Waals surface area contributed by atoms with Crippen LogP contribution in [0.3, 0.4) is 0 Å². The van der Waals surface area contributed by atoms with Gasteiger partial charge in [0.05, 0.1) is 6.26 Å². The van der Waals surface area contributed by atoms with Crippen molar-refractivity contribution in [3.63, 3.8) is 0 Å². The molecule has 1 aliphatic rings. The zero-order valence-electron chi connectivity index (χ0n) is 11.0. The first-order valence-corrected chi connectivity index (χ1v) is 6.54. The monoisotopic (exact) mass is 251 g/mol. The van der Waals surface area contributed by atoms with Gasteiger partial charge < -0.3 is 14.8 Å². The van der Waals surface area contributed by atoms with Gasteiger partial charge in [-0.05, 0) is 24.3 Å². The first-order valence-electron chi connectivity index (χ1n) is 6.54. The third kappa shape index (κ3) is 2.75. The highest BCUT2D eigenvalue weighted by molar-refractivity contribution is 5.86. The van der Waals surface area contributed by atoms with Crippen molar-refractivity contribution in [2.75, 3.05) is 0 Å². The summed E-state index contributed by atoms with van der Waals surface area (Å²) in [6.07, 6.45) is 6.36. The van der Waals surface area contributed by atoms with Crippen LogP contribution in [0.2, 0.25) is 0 Å². The van der Waals surface area contributed by atoms with E-state index in [0.29, 0.717) is 12.6 Å². The predicted molar refractivity (Wildman–Crippen MR) is 68.5 cm³/mol. The van der Waals surface area contributed by atoms with Crippen LogP contribution >= 0.6 is 0 Å². The van der Waals surface area contributed by atoms with Crippen molar-refractivity contribution in [2.24, 2.45) is 5.41 Å². The van der Waals surface area contributed by atoms with E-state index in [9.17, 15) is 4.79 Å². The summed E-state index contributed by atoms with van der Waals surface area (Å²) in [7, 11) is 0. The molecule has 0 spiro atoms. The number of aromatic carboxylic acids is 1. The molecule has 0 aliphatic heterocycles. The van der Waals surface area contributed by atoms with Crippen molar-refractivity contribution in [1.29, 1.82) is 0 Å². The highest BCUT2D eigenvalue weighted by atomic mass is 16.4. The molecule has 1 fully saturated rings. The Bertz CT molecular complexity index is 422. The average Bonchev–Trinajstić information content (AvgIpc) is 2.75. The van der Waals surface area contributed by atoms with Gasteiger partial charge in [0.15, 0.2) is 0 Å².